The SMILES string of the molecule is CS(=O)(=O)c1ccc(NC2CCN(c3ccc(F)c(Cl)c3)C2=O)cc1. The zero-order chi connectivity index (χ0) is 18.2. The first kappa shape index (κ1) is 17.7. The molecule has 1 aliphatic rings. The van der Waals surface area contributed by atoms with Crippen LogP contribution in [0.2, 0.25) is 5.02 Å². The maximum atomic E-state index is 13.3. The summed E-state index contributed by atoms with van der Waals surface area (Å²) >= 11 is 5.78. The number of nitrogens with one attached hydrogen (secondary N) is 1. The second-order valence-electron chi connectivity index (χ2n) is 5.87. The first-order valence-corrected chi connectivity index (χ1v) is 9.86. The maximum absolute atomic E-state index is 13.3. The molecule has 0 aromatic heterocycles. The molecule has 25 heavy (non-hydrogen) atoms. The topological polar surface area (TPSA) is 66.5 Å². The molecule has 132 valence electrons. The van der Waals surface area contributed by atoms with Crippen molar-refractivity contribution in [2.45, 2.75) is 17.4 Å². The van der Waals surface area contributed by atoms with Crippen molar-refractivity contribution in [2.75, 3.05) is 23.0 Å². The molecule has 0 aliphatic carbocycles. The summed E-state index contributed by atoms with van der Waals surface area (Å²) in [7, 11) is -3.26. The summed E-state index contributed by atoms with van der Waals surface area (Å²) < 4.78 is 36.2. The molecule has 1 unspecified atom stereocenters. The number of anilines is 2. The highest BCUT2D eigenvalue weighted by molar-refractivity contribution is 7.90. The van der Waals surface area contributed by atoms with E-state index in [-0.39, 0.29) is 15.8 Å². The largest absolute Gasteiger partial charge is 0.374 e. The third kappa shape index (κ3) is 3.77. The van der Waals surface area contributed by atoms with Crippen molar-refractivity contribution < 1.29 is 17.6 Å². The Morgan fingerprint density at radius 2 is 1.88 bits per heavy atom. The summed E-state index contributed by atoms with van der Waals surface area (Å²) in [6.07, 6.45) is 1.71. The van der Waals surface area contributed by atoms with Crippen molar-refractivity contribution in [3.05, 3.63) is 53.3 Å². The first-order chi connectivity index (χ1) is 11.8. The number of rotatable bonds is 4. The number of sulfone groups is 1. The molecule has 1 fully saturated rings. The summed E-state index contributed by atoms with van der Waals surface area (Å²) in [6.45, 7) is 0.486. The molecular formula is C17H16ClFN2O3S. The molecular weight excluding hydrogens is 367 g/mol. The van der Waals surface area contributed by atoms with Gasteiger partial charge in [0.1, 0.15) is 11.9 Å². The second-order valence-corrected chi connectivity index (χ2v) is 8.29. The van der Waals surface area contributed by atoms with Crippen LogP contribution in [0.5, 0.6) is 0 Å². The summed E-state index contributed by atoms with van der Waals surface area (Å²) in [6, 6.07) is 9.98. The summed E-state index contributed by atoms with van der Waals surface area (Å²) in [5.74, 6) is -0.674. The number of carbonyl (C=O) groups is 1. The molecule has 0 spiro atoms. The van der Waals surface area contributed by atoms with E-state index >= 15 is 0 Å². The van der Waals surface area contributed by atoms with Gasteiger partial charge in [0.2, 0.25) is 5.91 Å². The number of carbonyl (C=O) groups excluding carboxylic acids is 1. The highest BCUT2D eigenvalue weighted by atomic mass is 35.5. The van der Waals surface area contributed by atoms with Crippen molar-refractivity contribution in [3.63, 3.8) is 0 Å². The monoisotopic (exact) mass is 382 g/mol. The number of hydrogen-bond donors (Lipinski definition) is 1. The number of amides is 1. The molecule has 1 atom stereocenters. The zero-order valence-corrected chi connectivity index (χ0v) is 14.9. The molecule has 1 heterocycles. The quantitative estimate of drug-likeness (QED) is 0.882. The van der Waals surface area contributed by atoms with Crippen LogP contribution in [0.15, 0.2) is 47.4 Å². The molecule has 1 N–H and O–H groups in total. The Bertz CT molecular complexity index is 916. The Balaban J connectivity index is 1.73. The van der Waals surface area contributed by atoms with E-state index in [1.807, 2.05) is 0 Å². The van der Waals surface area contributed by atoms with E-state index < -0.39 is 21.7 Å². The summed E-state index contributed by atoms with van der Waals surface area (Å²) in [5, 5.41) is 3.07. The average Bonchev–Trinajstić information content (AvgIpc) is 2.91. The lowest BCUT2D eigenvalue weighted by atomic mass is 10.2. The van der Waals surface area contributed by atoms with Gasteiger partial charge in [-0.3, -0.25) is 4.79 Å². The molecule has 1 amide bonds. The highest BCUT2D eigenvalue weighted by Crippen LogP contribution is 2.27. The van der Waals surface area contributed by atoms with Crippen LogP contribution in [-0.4, -0.2) is 33.2 Å². The van der Waals surface area contributed by atoms with Crippen LogP contribution in [0.3, 0.4) is 0 Å². The lowest BCUT2D eigenvalue weighted by Crippen LogP contribution is -2.33. The Morgan fingerprint density at radius 3 is 2.48 bits per heavy atom. The Morgan fingerprint density at radius 1 is 1.20 bits per heavy atom. The van der Waals surface area contributed by atoms with E-state index in [9.17, 15) is 17.6 Å². The lowest BCUT2D eigenvalue weighted by Gasteiger charge is -2.18. The molecule has 3 rings (SSSR count). The van der Waals surface area contributed by atoms with Gasteiger partial charge < -0.3 is 10.2 Å². The standard InChI is InChI=1S/C17H16ClFN2O3S/c1-25(23,24)13-5-2-11(3-6-13)20-16-8-9-21(17(16)22)12-4-7-15(19)14(18)10-12/h2-7,10,16,20H,8-9H2,1H3. The van der Waals surface area contributed by atoms with Gasteiger partial charge in [-0.2, -0.15) is 0 Å². The maximum Gasteiger partial charge on any atom is 0.249 e. The predicted molar refractivity (Wildman–Crippen MR) is 95.3 cm³/mol. The number of halogens is 2. The summed E-state index contributed by atoms with van der Waals surface area (Å²) in [4.78, 5) is 14.3. The molecule has 0 radical (unpaired) electrons. The van der Waals surface area contributed by atoms with E-state index in [0.29, 0.717) is 24.3 Å². The molecule has 5 nitrogen and oxygen atoms in total. The normalized spacial score (nSPS) is 17.8. The van der Waals surface area contributed by atoms with Gasteiger partial charge in [0.25, 0.3) is 0 Å². The van der Waals surface area contributed by atoms with E-state index in [4.69, 9.17) is 11.6 Å². The highest BCUT2D eigenvalue weighted by Gasteiger charge is 2.32. The smallest absolute Gasteiger partial charge is 0.249 e. The third-order valence-corrected chi connectivity index (χ3v) is 5.46. The second kappa shape index (κ2) is 6.65. The van der Waals surface area contributed by atoms with Crippen LogP contribution >= 0.6 is 11.6 Å². The van der Waals surface area contributed by atoms with Crippen LogP contribution in [-0.2, 0) is 14.6 Å². The molecule has 2 aromatic carbocycles. The Labute approximate surface area is 150 Å². The molecule has 2 aromatic rings. The molecule has 0 bridgehead atoms. The fraction of sp³-hybridized carbons (Fsp3) is 0.235. The lowest BCUT2D eigenvalue weighted by molar-refractivity contribution is -0.117. The van der Waals surface area contributed by atoms with Crippen molar-refractivity contribution in [3.8, 4) is 0 Å². The van der Waals surface area contributed by atoms with Crippen molar-refractivity contribution >= 4 is 38.7 Å². The third-order valence-electron chi connectivity index (χ3n) is 4.04. The van der Waals surface area contributed by atoms with Gasteiger partial charge >= 0.3 is 0 Å². The molecule has 8 heteroatoms. The van der Waals surface area contributed by atoms with E-state index in [1.165, 1.54) is 30.3 Å². The van der Waals surface area contributed by atoms with Crippen LogP contribution in [0.1, 0.15) is 6.42 Å². The van der Waals surface area contributed by atoms with Gasteiger partial charge in [-0.1, -0.05) is 11.6 Å². The minimum atomic E-state index is -3.26. The van der Waals surface area contributed by atoms with Crippen molar-refractivity contribution in [2.24, 2.45) is 0 Å². The van der Waals surface area contributed by atoms with Gasteiger partial charge in [0.15, 0.2) is 9.84 Å². The van der Waals surface area contributed by atoms with Crippen LogP contribution in [0.25, 0.3) is 0 Å². The molecule has 1 saturated heterocycles. The van der Waals surface area contributed by atoms with Gasteiger partial charge in [0.05, 0.1) is 9.92 Å². The van der Waals surface area contributed by atoms with Gasteiger partial charge in [0, 0.05) is 24.2 Å². The van der Waals surface area contributed by atoms with E-state index in [2.05, 4.69) is 5.32 Å². The summed E-state index contributed by atoms with van der Waals surface area (Å²) in [5.41, 5.74) is 1.21. The Kier molecular flexibility index (Phi) is 4.71. The number of nitrogens with zero attached hydrogens (tertiary/aromatic N) is 1. The fourth-order valence-corrected chi connectivity index (χ4v) is 3.53. The Hall–Kier alpha value is -2.12. The minimum absolute atomic E-state index is 0.0296. The van der Waals surface area contributed by atoms with E-state index in [0.717, 1.165) is 6.26 Å². The molecule has 1 aliphatic heterocycles. The first-order valence-electron chi connectivity index (χ1n) is 7.59. The fourth-order valence-electron chi connectivity index (χ4n) is 2.72. The van der Waals surface area contributed by atoms with Gasteiger partial charge in [-0.25, -0.2) is 12.8 Å². The number of benzene rings is 2. The zero-order valence-electron chi connectivity index (χ0n) is 13.4. The van der Waals surface area contributed by atoms with Crippen molar-refractivity contribution in [1.82, 2.24) is 0 Å². The molecule has 0 saturated carbocycles. The van der Waals surface area contributed by atoms with Crippen LogP contribution in [0.4, 0.5) is 15.8 Å². The minimum Gasteiger partial charge on any atom is -0.374 e. The van der Waals surface area contributed by atoms with Gasteiger partial charge in [-0.15, -0.1) is 0 Å². The van der Waals surface area contributed by atoms with Crippen LogP contribution in [0, 0.1) is 5.82 Å². The van der Waals surface area contributed by atoms with Gasteiger partial charge in [-0.05, 0) is 48.9 Å². The van der Waals surface area contributed by atoms with Crippen LogP contribution < -0.4 is 10.2 Å². The number of hydrogen-bond acceptors (Lipinski definition) is 4. The predicted octanol–water partition coefficient (Wildman–Crippen LogP) is 3.10. The van der Waals surface area contributed by atoms with E-state index in [1.54, 1.807) is 17.0 Å². The van der Waals surface area contributed by atoms with Crippen molar-refractivity contribution in [1.29, 1.82) is 0 Å². The average molecular weight is 383 g/mol.